The first-order valence-electron chi connectivity index (χ1n) is 8.21. The van der Waals surface area contributed by atoms with Gasteiger partial charge >= 0.3 is 6.18 Å². The summed E-state index contributed by atoms with van der Waals surface area (Å²) >= 11 is 0. The van der Waals surface area contributed by atoms with Gasteiger partial charge in [-0.15, -0.1) is 0 Å². The maximum atomic E-state index is 13.5. The summed E-state index contributed by atoms with van der Waals surface area (Å²) in [4.78, 5) is 20.0. The molecule has 3 rings (SSSR count). The fourth-order valence-corrected chi connectivity index (χ4v) is 2.83. The van der Waals surface area contributed by atoms with Gasteiger partial charge in [-0.3, -0.25) is 9.78 Å². The van der Waals surface area contributed by atoms with Crippen molar-refractivity contribution in [2.45, 2.75) is 6.18 Å². The first kappa shape index (κ1) is 18.2. The molecule has 0 aliphatic carbocycles. The predicted octanol–water partition coefficient (Wildman–Crippen LogP) is 3.10. The van der Waals surface area contributed by atoms with Crippen molar-refractivity contribution in [3.63, 3.8) is 0 Å². The van der Waals surface area contributed by atoms with Gasteiger partial charge in [-0.25, -0.2) is 0 Å². The summed E-state index contributed by atoms with van der Waals surface area (Å²) in [6.07, 6.45) is -1.74. The third-order valence-electron chi connectivity index (χ3n) is 4.37. The molecule has 1 aromatic heterocycles. The number of likely N-dealkylation sites (N-methyl/N-ethyl adjacent to an activating group) is 1. The molecule has 0 unspecified atom stereocenters. The molecule has 138 valence electrons. The summed E-state index contributed by atoms with van der Waals surface area (Å²) < 4.78 is 40.6. The highest BCUT2D eigenvalue weighted by Gasteiger charge is 2.35. The van der Waals surface area contributed by atoms with E-state index >= 15 is 0 Å². The lowest BCUT2D eigenvalue weighted by Crippen LogP contribution is -2.44. The number of nitrogens with one attached hydrogen (secondary N) is 1. The molecule has 0 bridgehead atoms. The number of carbonyl (C=O) groups is 1. The Labute approximate surface area is 149 Å². The molecule has 1 aliphatic heterocycles. The lowest BCUT2D eigenvalue weighted by molar-refractivity contribution is -0.136. The number of anilines is 2. The normalized spacial score (nSPS) is 15.8. The van der Waals surface area contributed by atoms with Gasteiger partial charge < -0.3 is 15.1 Å². The van der Waals surface area contributed by atoms with E-state index in [1.807, 2.05) is 11.9 Å². The number of piperazine rings is 1. The highest BCUT2D eigenvalue weighted by molar-refractivity contribution is 6.04. The van der Waals surface area contributed by atoms with Crippen LogP contribution in [0.3, 0.4) is 0 Å². The van der Waals surface area contributed by atoms with E-state index in [2.05, 4.69) is 15.2 Å². The molecule has 2 aromatic rings. The molecule has 8 heteroatoms. The zero-order valence-corrected chi connectivity index (χ0v) is 14.3. The molecule has 0 radical (unpaired) electrons. The van der Waals surface area contributed by atoms with Crippen molar-refractivity contribution in [3.05, 3.63) is 53.9 Å². The molecule has 1 amide bonds. The maximum absolute atomic E-state index is 13.5. The molecule has 0 atom stereocenters. The van der Waals surface area contributed by atoms with Crippen molar-refractivity contribution in [1.29, 1.82) is 0 Å². The highest BCUT2D eigenvalue weighted by atomic mass is 19.4. The number of nitrogens with zero attached hydrogens (tertiary/aromatic N) is 3. The SMILES string of the molecule is CN1CCN(c2ccc(NC(=O)c3ccncc3)c(C(F)(F)F)c2)CC1. The molecule has 1 saturated heterocycles. The number of pyridine rings is 1. The quantitative estimate of drug-likeness (QED) is 0.909. The van der Waals surface area contributed by atoms with Crippen LogP contribution in [-0.2, 0) is 6.18 Å². The zero-order chi connectivity index (χ0) is 18.7. The van der Waals surface area contributed by atoms with Crippen LogP contribution >= 0.6 is 0 Å². The van der Waals surface area contributed by atoms with Gasteiger partial charge in [0.15, 0.2) is 0 Å². The van der Waals surface area contributed by atoms with Gasteiger partial charge in [-0.2, -0.15) is 13.2 Å². The van der Waals surface area contributed by atoms with Crippen LogP contribution in [0.25, 0.3) is 0 Å². The topological polar surface area (TPSA) is 48.5 Å². The lowest BCUT2D eigenvalue weighted by atomic mass is 10.1. The Bertz CT molecular complexity index is 772. The maximum Gasteiger partial charge on any atom is 0.418 e. The standard InChI is InChI=1S/C18H19F3N4O/c1-24-8-10-25(11-9-24)14-2-3-16(15(12-14)18(19,20)21)23-17(26)13-4-6-22-7-5-13/h2-7,12H,8-11H2,1H3,(H,23,26). The Hall–Kier alpha value is -2.61. The lowest BCUT2D eigenvalue weighted by Gasteiger charge is -2.34. The average Bonchev–Trinajstić information content (AvgIpc) is 2.62. The smallest absolute Gasteiger partial charge is 0.369 e. The molecule has 2 heterocycles. The second kappa shape index (κ2) is 7.33. The Morgan fingerprint density at radius 1 is 1.08 bits per heavy atom. The Balaban J connectivity index is 1.87. The van der Waals surface area contributed by atoms with Crippen LogP contribution in [0.15, 0.2) is 42.7 Å². The van der Waals surface area contributed by atoms with Crippen LogP contribution in [-0.4, -0.2) is 49.0 Å². The van der Waals surface area contributed by atoms with E-state index in [0.29, 0.717) is 18.8 Å². The molecule has 1 N–H and O–H groups in total. The number of alkyl halides is 3. The fourth-order valence-electron chi connectivity index (χ4n) is 2.83. The number of halogens is 3. The third kappa shape index (κ3) is 4.13. The van der Waals surface area contributed by atoms with Crippen molar-refractivity contribution in [3.8, 4) is 0 Å². The number of hydrogen-bond donors (Lipinski definition) is 1. The first-order valence-corrected chi connectivity index (χ1v) is 8.21. The van der Waals surface area contributed by atoms with E-state index in [1.165, 1.54) is 30.6 Å². The van der Waals surface area contributed by atoms with E-state index in [4.69, 9.17) is 0 Å². The van der Waals surface area contributed by atoms with E-state index in [0.717, 1.165) is 19.2 Å². The van der Waals surface area contributed by atoms with Crippen molar-refractivity contribution >= 4 is 17.3 Å². The van der Waals surface area contributed by atoms with Gasteiger partial charge in [0.2, 0.25) is 0 Å². The Morgan fingerprint density at radius 3 is 2.35 bits per heavy atom. The van der Waals surface area contributed by atoms with Gasteiger partial charge in [-0.1, -0.05) is 0 Å². The molecular formula is C18H19F3N4O. The van der Waals surface area contributed by atoms with E-state index in [9.17, 15) is 18.0 Å². The summed E-state index contributed by atoms with van der Waals surface area (Å²) in [5.41, 5.74) is -0.350. The van der Waals surface area contributed by atoms with Gasteiger partial charge in [0.25, 0.3) is 5.91 Å². The first-order chi connectivity index (χ1) is 12.3. The molecule has 5 nitrogen and oxygen atoms in total. The average molecular weight is 364 g/mol. The fraction of sp³-hybridized carbons (Fsp3) is 0.333. The van der Waals surface area contributed by atoms with Gasteiger partial charge in [0.05, 0.1) is 11.3 Å². The number of benzene rings is 1. The van der Waals surface area contributed by atoms with Gasteiger partial charge in [0.1, 0.15) is 0 Å². The van der Waals surface area contributed by atoms with Crippen LogP contribution in [0.5, 0.6) is 0 Å². The number of rotatable bonds is 3. The molecular weight excluding hydrogens is 345 g/mol. The molecule has 1 aliphatic rings. The number of amides is 1. The minimum atomic E-state index is -4.57. The van der Waals surface area contributed by atoms with E-state index in [1.54, 1.807) is 6.07 Å². The molecule has 1 aromatic carbocycles. The summed E-state index contributed by atoms with van der Waals surface area (Å²) in [5.74, 6) is -0.606. The van der Waals surface area contributed by atoms with E-state index < -0.39 is 17.6 Å². The number of carbonyl (C=O) groups excluding carboxylic acids is 1. The Kier molecular flexibility index (Phi) is 5.13. The molecule has 0 spiro atoms. The summed E-state index contributed by atoms with van der Waals surface area (Å²) in [6, 6.07) is 6.92. The van der Waals surface area contributed by atoms with Crippen LogP contribution in [0.2, 0.25) is 0 Å². The van der Waals surface area contributed by atoms with Crippen LogP contribution in [0.4, 0.5) is 24.5 Å². The Morgan fingerprint density at radius 2 is 1.73 bits per heavy atom. The zero-order valence-electron chi connectivity index (χ0n) is 14.3. The second-order valence-electron chi connectivity index (χ2n) is 6.21. The van der Waals surface area contributed by atoms with Crippen LogP contribution in [0, 0.1) is 0 Å². The highest BCUT2D eigenvalue weighted by Crippen LogP contribution is 2.37. The van der Waals surface area contributed by atoms with Crippen molar-refractivity contribution < 1.29 is 18.0 Å². The summed E-state index contributed by atoms with van der Waals surface area (Å²) in [5, 5.41) is 2.36. The van der Waals surface area contributed by atoms with Gasteiger partial charge in [0, 0.05) is 49.8 Å². The number of aromatic nitrogens is 1. The largest absolute Gasteiger partial charge is 0.418 e. The van der Waals surface area contributed by atoms with E-state index in [-0.39, 0.29) is 11.3 Å². The minimum Gasteiger partial charge on any atom is -0.369 e. The number of hydrogen-bond acceptors (Lipinski definition) is 4. The minimum absolute atomic E-state index is 0.247. The van der Waals surface area contributed by atoms with Crippen molar-refractivity contribution in [2.24, 2.45) is 0 Å². The molecule has 1 fully saturated rings. The van der Waals surface area contributed by atoms with Crippen LogP contribution < -0.4 is 10.2 Å². The van der Waals surface area contributed by atoms with Gasteiger partial charge in [-0.05, 0) is 37.4 Å². The summed E-state index contributed by atoms with van der Waals surface area (Å²) in [7, 11) is 1.98. The summed E-state index contributed by atoms with van der Waals surface area (Å²) in [6.45, 7) is 2.91. The monoisotopic (exact) mass is 364 g/mol. The van der Waals surface area contributed by atoms with Crippen LogP contribution in [0.1, 0.15) is 15.9 Å². The third-order valence-corrected chi connectivity index (χ3v) is 4.37. The van der Waals surface area contributed by atoms with Crippen molar-refractivity contribution in [2.75, 3.05) is 43.4 Å². The molecule has 0 saturated carbocycles. The predicted molar refractivity (Wildman–Crippen MR) is 93.3 cm³/mol. The molecule has 26 heavy (non-hydrogen) atoms. The second-order valence-corrected chi connectivity index (χ2v) is 6.21. The van der Waals surface area contributed by atoms with Crippen molar-refractivity contribution in [1.82, 2.24) is 9.88 Å².